The van der Waals surface area contributed by atoms with Crippen molar-refractivity contribution in [2.45, 2.75) is 18.4 Å². The zero-order valence-electron chi connectivity index (χ0n) is 9.36. The Balaban J connectivity index is 2.44. The van der Waals surface area contributed by atoms with Gasteiger partial charge in [0.15, 0.2) is 5.60 Å². The summed E-state index contributed by atoms with van der Waals surface area (Å²) < 4.78 is 1.13. The van der Waals surface area contributed by atoms with Gasteiger partial charge in [-0.25, -0.2) is 0 Å². The van der Waals surface area contributed by atoms with Gasteiger partial charge in [-0.1, -0.05) is 36.3 Å². The minimum absolute atomic E-state index is 0.766. The third-order valence-corrected chi connectivity index (χ3v) is 3.67. The largest absolute Gasteiger partial charge is 0.370 e. The molecule has 1 N–H and O–H groups in total. The van der Waals surface area contributed by atoms with Crippen molar-refractivity contribution in [1.82, 2.24) is 0 Å². The van der Waals surface area contributed by atoms with E-state index in [1.54, 1.807) is 0 Å². The second kappa shape index (κ2) is 5.07. The number of hydrogen-bond donors (Lipinski definition) is 1. The van der Waals surface area contributed by atoms with E-state index in [0.717, 1.165) is 27.5 Å². The van der Waals surface area contributed by atoms with Gasteiger partial charge in [-0.2, -0.15) is 0 Å². The van der Waals surface area contributed by atoms with Crippen LogP contribution in [0.5, 0.6) is 0 Å². The minimum atomic E-state index is -1.27. The van der Waals surface area contributed by atoms with Gasteiger partial charge >= 0.3 is 0 Å². The van der Waals surface area contributed by atoms with E-state index in [4.69, 9.17) is 6.42 Å². The van der Waals surface area contributed by atoms with Gasteiger partial charge in [0, 0.05) is 9.13 Å². The van der Waals surface area contributed by atoms with Crippen LogP contribution in [0.2, 0.25) is 0 Å². The summed E-state index contributed by atoms with van der Waals surface area (Å²) in [6.45, 7) is 0. The van der Waals surface area contributed by atoms with E-state index in [9.17, 15) is 5.11 Å². The Morgan fingerprint density at radius 3 is 2.53 bits per heavy atom. The predicted molar refractivity (Wildman–Crippen MR) is 78.3 cm³/mol. The molecule has 0 spiro atoms. The lowest BCUT2D eigenvalue weighted by Crippen LogP contribution is -2.26. The fourth-order valence-corrected chi connectivity index (χ4v) is 2.32. The van der Waals surface area contributed by atoms with Crippen molar-refractivity contribution in [1.29, 1.82) is 0 Å². The van der Waals surface area contributed by atoms with Gasteiger partial charge < -0.3 is 5.11 Å². The van der Waals surface area contributed by atoms with Crippen LogP contribution in [0.15, 0.2) is 48.1 Å². The molecule has 1 aliphatic carbocycles. The summed E-state index contributed by atoms with van der Waals surface area (Å²) in [7, 11) is 0. The first-order valence-corrected chi connectivity index (χ1v) is 6.57. The van der Waals surface area contributed by atoms with E-state index in [1.165, 1.54) is 0 Å². The van der Waals surface area contributed by atoms with Crippen LogP contribution in [0.4, 0.5) is 0 Å². The zero-order valence-corrected chi connectivity index (χ0v) is 11.5. The van der Waals surface area contributed by atoms with E-state index in [2.05, 4.69) is 34.6 Å². The van der Waals surface area contributed by atoms with E-state index in [0.29, 0.717) is 0 Å². The van der Waals surface area contributed by atoms with Gasteiger partial charge in [0.1, 0.15) is 0 Å². The first kappa shape index (κ1) is 12.4. The third kappa shape index (κ3) is 2.46. The van der Waals surface area contributed by atoms with Gasteiger partial charge in [-0.15, -0.1) is 6.42 Å². The number of benzene rings is 1. The fraction of sp³-hybridized carbons (Fsp3) is 0.200. The van der Waals surface area contributed by atoms with Crippen molar-refractivity contribution < 1.29 is 5.11 Å². The average Bonchev–Trinajstić information content (AvgIpc) is 2.40. The van der Waals surface area contributed by atoms with Crippen molar-refractivity contribution in [3.05, 3.63) is 57.2 Å². The van der Waals surface area contributed by atoms with Crippen molar-refractivity contribution in [2.24, 2.45) is 0 Å². The molecule has 17 heavy (non-hydrogen) atoms. The second-order valence-electron chi connectivity index (χ2n) is 4.02. The summed E-state index contributed by atoms with van der Waals surface area (Å²) >= 11 is 2.23. The van der Waals surface area contributed by atoms with Crippen molar-refractivity contribution in [3.63, 3.8) is 0 Å². The normalized spacial score (nSPS) is 18.1. The molecule has 1 unspecified atom stereocenters. The van der Waals surface area contributed by atoms with Gasteiger partial charge in [0.25, 0.3) is 0 Å². The molecule has 1 aliphatic rings. The number of terminal acetylenes is 1. The molecule has 2 rings (SSSR count). The molecule has 1 aromatic rings. The number of rotatable bonds is 2. The van der Waals surface area contributed by atoms with Crippen LogP contribution in [-0.2, 0) is 5.60 Å². The molecule has 0 amide bonds. The molecule has 0 saturated carbocycles. The molecule has 0 aliphatic heterocycles. The lowest BCUT2D eigenvalue weighted by molar-refractivity contribution is 0.136. The third-order valence-electron chi connectivity index (χ3n) is 2.95. The average molecular weight is 336 g/mol. The van der Waals surface area contributed by atoms with Crippen LogP contribution >= 0.6 is 22.6 Å². The molecule has 0 heterocycles. The van der Waals surface area contributed by atoms with Gasteiger partial charge in [-0.05, 0) is 53.1 Å². The molecule has 0 bridgehead atoms. The summed E-state index contributed by atoms with van der Waals surface area (Å²) in [6.07, 6.45) is 13.2. The molecule has 1 atom stereocenters. The molecule has 0 fully saturated rings. The van der Waals surface area contributed by atoms with Crippen LogP contribution < -0.4 is 0 Å². The summed E-state index contributed by atoms with van der Waals surface area (Å²) in [4.78, 5) is 0. The van der Waals surface area contributed by atoms with Crippen LogP contribution in [0.3, 0.4) is 0 Å². The van der Waals surface area contributed by atoms with Gasteiger partial charge in [-0.3, -0.25) is 0 Å². The highest BCUT2D eigenvalue weighted by Crippen LogP contribution is 2.33. The standard InChI is InChI=1S/C15H13IO/c1-2-15(17,12-6-4-3-5-7-12)13-8-10-14(16)11-9-13/h1,3-4,6,8-11,17H,5,7H2. The highest BCUT2D eigenvalue weighted by Gasteiger charge is 2.31. The van der Waals surface area contributed by atoms with Crippen LogP contribution in [0.1, 0.15) is 18.4 Å². The van der Waals surface area contributed by atoms with Crippen LogP contribution in [0, 0.1) is 15.9 Å². The highest BCUT2D eigenvalue weighted by molar-refractivity contribution is 14.1. The number of aliphatic hydroxyl groups is 1. The molecule has 86 valence electrons. The topological polar surface area (TPSA) is 20.2 Å². The summed E-state index contributed by atoms with van der Waals surface area (Å²) in [6, 6.07) is 7.69. The molecule has 1 aromatic carbocycles. The first-order chi connectivity index (χ1) is 8.16. The molecule has 1 nitrogen and oxygen atoms in total. The van der Waals surface area contributed by atoms with Gasteiger partial charge in [0.2, 0.25) is 0 Å². The highest BCUT2D eigenvalue weighted by atomic mass is 127. The Labute approximate surface area is 115 Å². The fourth-order valence-electron chi connectivity index (χ4n) is 1.96. The van der Waals surface area contributed by atoms with Crippen molar-refractivity contribution in [2.75, 3.05) is 0 Å². The first-order valence-electron chi connectivity index (χ1n) is 5.49. The van der Waals surface area contributed by atoms with Crippen molar-refractivity contribution in [3.8, 4) is 12.3 Å². The second-order valence-corrected chi connectivity index (χ2v) is 5.27. The Hall–Kier alpha value is -1.05. The quantitative estimate of drug-likeness (QED) is 0.648. The van der Waals surface area contributed by atoms with Gasteiger partial charge in [0.05, 0.1) is 0 Å². The lowest BCUT2D eigenvalue weighted by atomic mass is 9.83. The van der Waals surface area contributed by atoms with Crippen LogP contribution in [0.25, 0.3) is 0 Å². The molecule has 0 saturated heterocycles. The van der Waals surface area contributed by atoms with E-state index in [-0.39, 0.29) is 0 Å². The minimum Gasteiger partial charge on any atom is -0.370 e. The Bertz CT molecular complexity index is 505. The Morgan fingerprint density at radius 2 is 2.00 bits per heavy atom. The molecular weight excluding hydrogens is 323 g/mol. The number of halogens is 1. The van der Waals surface area contributed by atoms with Crippen LogP contribution in [-0.4, -0.2) is 5.11 Å². The number of allylic oxidation sites excluding steroid dienone is 3. The maximum Gasteiger partial charge on any atom is 0.172 e. The smallest absolute Gasteiger partial charge is 0.172 e. The number of hydrogen-bond acceptors (Lipinski definition) is 1. The summed E-state index contributed by atoms with van der Waals surface area (Å²) in [5.41, 5.74) is 0.389. The van der Waals surface area contributed by atoms with E-state index in [1.807, 2.05) is 36.4 Å². The molecule has 2 heteroatoms. The predicted octanol–water partition coefficient (Wildman–Crippen LogP) is 3.39. The lowest BCUT2D eigenvalue weighted by Gasteiger charge is -2.27. The Morgan fingerprint density at radius 1 is 1.29 bits per heavy atom. The monoisotopic (exact) mass is 336 g/mol. The summed E-state index contributed by atoms with van der Waals surface area (Å²) in [5, 5.41) is 10.7. The molecular formula is C15H13IO. The maximum atomic E-state index is 10.7. The van der Waals surface area contributed by atoms with Crippen molar-refractivity contribution >= 4 is 22.6 Å². The Kier molecular flexibility index (Phi) is 3.70. The summed E-state index contributed by atoms with van der Waals surface area (Å²) in [5.74, 6) is 2.53. The zero-order chi connectivity index (χ0) is 12.3. The van der Waals surface area contributed by atoms with E-state index < -0.39 is 5.60 Å². The molecule has 0 aromatic heterocycles. The van der Waals surface area contributed by atoms with E-state index >= 15 is 0 Å². The SMILES string of the molecule is C#CC(O)(C1=CC=CCC1)c1ccc(I)cc1. The molecule has 0 radical (unpaired) electrons. The maximum absolute atomic E-state index is 10.7.